The quantitative estimate of drug-likeness (QED) is 0.491. The van der Waals surface area contributed by atoms with Crippen LogP contribution in [-0.2, 0) is 9.53 Å². The third-order valence-electron chi connectivity index (χ3n) is 2.79. The standard InChI is InChI=1S/C11H16O2/c1-4-8-6-9(5-2)10(7-8)11(12)13-3/h4-5,8-10H,1-2,6-7H2,3H3. The van der Waals surface area contributed by atoms with Crippen molar-refractivity contribution in [3.8, 4) is 0 Å². The van der Waals surface area contributed by atoms with Crippen LogP contribution in [0, 0.1) is 17.8 Å². The number of carbonyl (C=O) groups is 1. The lowest BCUT2D eigenvalue weighted by atomic mass is 9.97. The molecule has 3 atom stereocenters. The molecule has 0 spiro atoms. The Balaban J connectivity index is 2.67. The molecule has 0 aromatic carbocycles. The van der Waals surface area contributed by atoms with E-state index in [1.165, 1.54) is 7.11 Å². The van der Waals surface area contributed by atoms with E-state index < -0.39 is 0 Å². The van der Waals surface area contributed by atoms with E-state index in [-0.39, 0.29) is 17.8 Å². The van der Waals surface area contributed by atoms with Gasteiger partial charge >= 0.3 is 5.97 Å². The van der Waals surface area contributed by atoms with Crippen molar-refractivity contribution in [1.82, 2.24) is 0 Å². The minimum absolute atomic E-state index is 0.00880. The zero-order valence-electron chi connectivity index (χ0n) is 8.03. The van der Waals surface area contributed by atoms with Gasteiger partial charge in [0.2, 0.25) is 0 Å². The Hall–Kier alpha value is -1.05. The molecule has 13 heavy (non-hydrogen) atoms. The van der Waals surface area contributed by atoms with Crippen LogP contribution in [0.4, 0.5) is 0 Å². The maximum atomic E-state index is 11.3. The second-order valence-corrected chi connectivity index (χ2v) is 3.50. The van der Waals surface area contributed by atoms with Crippen molar-refractivity contribution in [1.29, 1.82) is 0 Å². The van der Waals surface area contributed by atoms with Crippen LogP contribution in [-0.4, -0.2) is 13.1 Å². The SMILES string of the molecule is C=CC1CC(C=C)C(C(=O)OC)C1. The predicted octanol–water partition coefficient (Wildman–Crippen LogP) is 2.17. The first-order chi connectivity index (χ1) is 6.22. The normalized spacial score (nSPS) is 32.5. The number of esters is 1. The average Bonchev–Trinajstić information content (AvgIpc) is 2.59. The molecule has 2 heteroatoms. The minimum Gasteiger partial charge on any atom is -0.469 e. The summed E-state index contributed by atoms with van der Waals surface area (Å²) in [6.07, 6.45) is 5.60. The Morgan fingerprint density at radius 3 is 2.54 bits per heavy atom. The van der Waals surface area contributed by atoms with E-state index in [4.69, 9.17) is 4.74 Å². The molecule has 0 aliphatic heterocycles. The maximum Gasteiger partial charge on any atom is 0.309 e. The highest BCUT2D eigenvalue weighted by atomic mass is 16.5. The predicted molar refractivity (Wildman–Crippen MR) is 52.1 cm³/mol. The van der Waals surface area contributed by atoms with Crippen molar-refractivity contribution in [3.05, 3.63) is 25.3 Å². The van der Waals surface area contributed by atoms with Crippen LogP contribution in [0.15, 0.2) is 25.3 Å². The topological polar surface area (TPSA) is 26.3 Å². The van der Waals surface area contributed by atoms with Crippen molar-refractivity contribution in [2.45, 2.75) is 12.8 Å². The van der Waals surface area contributed by atoms with Gasteiger partial charge in [0.15, 0.2) is 0 Å². The van der Waals surface area contributed by atoms with Crippen molar-refractivity contribution < 1.29 is 9.53 Å². The smallest absolute Gasteiger partial charge is 0.309 e. The molecule has 1 saturated carbocycles. The summed E-state index contributed by atoms with van der Waals surface area (Å²) in [5, 5.41) is 0. The highest BCUT2D eigenvalue weighted by Gasteiger charge is 2.36. The van der Waals surface area contributed by atoms with Gasteiger partial charge in [-0.15, -0.1) is 13.2 Å². The van der Waals surface area contributed by atoms with E-state index in [9.17, 15) is 4.79 Å². The zero-order chi connectivity index (χ0) is 9.84. The molecule has 0 bridgehead atoms. The summed E-state index contributed by atoms with van der Waals surface area (Å²) in [6, 6.07) is 0. The van der Waals surface area contributed by atoms with Crippen LogP contribution in [0.2, 0.25) is 0 Å². The van der Waals surface area contributed by atoms with Gasteiger partial charge < -0.3 is 4.74 Å². The van der Waals surface area contributed by atoms with Crippen LogP contribution in [0.1, 0.15) is 12.8 Å². The van der Waals surface area contributed by atoms with Gasteiger partial charge in [-0.25, -0.2) is 0 Å². The van der Waals surface area contributed by atoms with Crippen molar-refractivity contribution >= 4 is 5.97 Å². The van der Waals surface area contributed by atoms with Gasteiger partial charge in [-0.05, 0) is 24.7 Å². The summed E-state index contributed by atoms with van der Waals surface area (Å²) in [5.74, 6) is 0.572. The molecule has 0 aromatic heterocycles. The summed E-state index contributed by atoms with van der Waals surface area (Å²) >= 11 is 0. The van der Waals surface area contributed by atoms with E-state index in [1.54, 1.807) is 0 Å². The van der Waals surface area contributed by atoms with Crippen LogP contribution in [0.25, 0.3) is 0 Å². The van der Waals surface area contributed by atoms with E-state index >= 15 is 0 Å². The lowest BCUT2D eigenvalue weighted by molar-refractivity contribution is -0.146. The second-order valence-electron chi connectivity index (χ2n) is 3.50. The third kappa shape index (κ3) is 2.00. The molecule has 0 saturated heterocycles. The Morgan fingerprint density at radius 1 is 1.38 bits per heavy atom. The fourth-order valence-corrected chi connectivity index (χ4v) is 1.99. The molecular weight excluding hydrogens is 164 g/mol. The lowest BCUT2D eigenvalue weighted by Gasteiger charge is -2.12. The highest BCUT2D eigenvalue weighted by Crippen LogP contribution is 2.38. The fraction of sp³-hybridized carbons (Fsp3) is 0.545. The Kier molecular flexibility index (Phi) is 3.29. The summed E-state index contributed by atoms with van der Waals surface area (Å²) in [7, 11) is 1.43. The summed E-state index contributed by atoms with van der Waals surface area (Å²) in [4.78, 5) is 11.3. The Bertz CT molecular complexity index is 220. The number of carbonyl (C=O) groups excluding carboxylic acids is 1. The number of methoxy groups -OCH3 is 1. The molecule has 0 radical (unpaired) electrons. The molecule has 0 amide bonds. The maximum absolute atomic E-state index is 11.3. The molecule has 1 aliphatic carbocycles. The van der Waals surface area contributed by atoms with E-state index in [2.05, 4.69) is 13.2 Å². The monoisotopic (exact) mass is 180 g/mol. The minimum atomic E-state index is -0.116. The fourth-order valence-electron chi connectivity index (χ4n) is 1.99. The van der Waals surface area contributed by atoms with E-state index in [0.29, 0.717) is 5.92 Å². The number of allylic oxidation sites excluding steroid dienone is 2. The van der Waals surface area contributed by atoms with Gasteiger partial charge in [-0.3, -0.25) is 4.79 Å². The highest BCUT2D eigenvalue weighted by molar-refractivity contribution is 5.73. The first-order valence-corrected chi connectivity index (χ1v) is 4.55. The van der Waals surface area contributed by atoms with E-state index in [0.717, 1.165) is 12.8 Å². The van der Waals surface area contributed by atoms with Crippen LogP contribution in [0.3, 0.4) is 0 Å². The number of hydrogen-bond donors (Lipinski definition) is 0. The molecule has 0 N–H and O–H groups in total. The van der Waals surface area contributed by atoms with Gasteiger partial charge in [0.25, 0.3) is 0 Å². The van der Waals surface area contributed by atoms with Crippen LogP contribution in [0.5, 0.6) is 0 Å². The summed E-state index contributed by atoms with van der Waals surface area (Å²) in [6.45, 7) is 7.48. The molecule has 72 valence electrons. The van der Waals surface area contributed by atoms with Crippen molar-refractivity contribution in [2.24, 2.45) is 17.8 Å². The summed E-state index contributed by atoms with van der Waals surface area (Å²) < 4.78 is 4.74. The van der Waals surface area contributed by atoms with Gasteiger partial charge in [-0.1, -0.05) is 12.2 Å². The summed E-state index contributed by atoms with van der Waals surface area (Å²) in [5.41, 5.74) is 0. The first-order valence-electron chi connectivity index (χ1n) is 4.55. The molecule has 0 heterocycles. The van der Waals surface area contributed by atoms with Gasteiger partial charge in [0, 0.05) is 0 Å². The average molecular weight is 180 g/mol. The van der Waals surface area contributed by atoms with E-state index in [1.807, 2.05) is 12.2 Å². The molecule has 1 rings (SSSR count). The number of rotatable bonds is 3. The largest absolute Gasteiger partial charge is 0.469 e. The number of ether oxygens (including phenoxy) is 1. The van der Waals surface area contributed by atoms with Gasteiger partial charge in [0.05, 0.1) is 13.0 Å². The van der Waals surface area contributed by atoms with Gasteiger partial charge in [-0.2, -0.15) is 0 Å². The van der Waals surface area contributed by atoms with Crippen LogP contribution < -0.4 is 0 Å². The van der Waals surface area contributed by atoms with Crippen LogP contribution >= 0.6 is 0 Å². The van der Waals surface area contributed by atoms with Crippen molar-refractivity contribution in [3.63, 3.8) is 0 Å². The molecule has 1 aliphatic rings. The number of hydrogen-bond acceptors (Lipinski definition) is 2. The lowest BCUT2D eigenvalue weighted by Crippen LogP contribution is -2.18. The van der Waals surface area contributed by atoms with Gasteiger partial charge in [0.1, 0.15) is 0 Å². The molecular formula is C11H16O2. The van der Waals surface area contributed by atoms with Crippen molar-refractivity contribution in [2.75, 3.05) is 7.11 Å². The molecule has 2 nitrogen and oxygen atoms in total. The molecule has 3 unspecified atom stereocenters. The molecule has 1 fully saturated rings. The Labute approximate surface area is 79.3 Å². The zero-order valence-corrected chi connectivity index (χ0v) is 8.03. The Morgan fingerprint density at radius 2 is 2.08 bits per heavy atom. The molecule has 0 aromatic rings. The first kappa shape index (κ1) is 10.0. The second kappa shape index (κ2) is 4.26. The third-order valence-corrected chi connectivity index (χ3v) is 2.79.